The molecule has 0 unspecified atom stereocenters. The largest absolute Gasteiger partial charge is 0.477 e. The van der Waals surface area contributed by atoms with E-state index in [4.69, 9.17) is 0 Å². The number of aliphatic hydroxyl groups is 1. The normalized spacial score (nSPS) is 22.7. The predicted molar refractivity (Wildman–Crippen MR) is 95.6 cm³/mol. The molecular weight excluding hydrogens is 339 g/mol. The summed E-state index contributed by atoms with van der Waals surface area (Å²) in [6.45, 7) is 2.98. The number of piperidine rings is 1. The zero-order valence-electron chi connectivity index (χ0n) is 14.5. The van der Waals surface area contributed by atoms with Crippen LogP contribution in [0.5, 0.6) is 0 Å². The number of benzene rings is 1. The van der Waals surface area contributed by atoms with E-state index >= 15 is 4.39 Å². The summed E-state index contributed by atoms with van der Waals surface area (Å²) < 4.78 is 16.8. The summed E-state index contributed by atoms with van der Waals surface area (Å²) in [6, 6.07) is 1.19. The van der Waals surface area contributed by atoms with Crippen LogP contribution in [0, 0.1) is 5.82 Å². The van der Waals surface area contributed by atoms with Gasteiger partial charge < -0.3 is 19.7 Å². The topological polar surface area (TPSA) is 82.8 Å². The highest BCUT2D eigenvalue weighted by atomic mass is 19.1. The minimum Gasteiger partial charge on any atom is -0.477 e. The first kappa shape index (κ1) is 17.0. The highest BCUT2D eigenvalue weighted by molar-refractivity contribution is 5.95. The first-order valence-electron chi connectivity index (χ1n) is 8.95. The Labute approximate surface area is 149 Å². The molecule has 2 aliphatic heterocycles. The number of carboxylic acids is 1. The van der Waals surface area contributed by atoms with Crippen molar-refractivity contribution < 1.29 is 19.4 Å². The average molecular weight is 360 g/mol. The molecule has 2 atom stereocenters. The van der Waals surface area contributed by atoms with Crippen molar-refractivity contribution in [3.63, 3.8) is 0 Å². The van der Waals surface area contributed by atoms with Crippen LogP contribution in [-0.4, -0.2) is 39.9 Å². The standard InChI is InChI=1S/C19H21FN2O4/c1-10-4-5-12-16-13(18(24)14(19(25)26)9-22(10)16)7-15(20)17(12)21-6-2-3-11(23)8-21/h7,9-11,23H,2-6,8H2,1H3,(H,25,26)/t10-,11-/m1/s1. The van der Waals surface area contributed by atoms with E-state index in [1.807, 2.05) is 11.8 Å². The Morgan fingerprint density at radius 1 is 1.35 bits per heavy atom. The van der Waals surface area contributed by atoms with Gasteiger partial charge in [0.2, 0.25) is 5.43 Å². The first-order valence-corrected chi connectivity index (χ1v) is 8.95. The lowest BCUT2D eigenvalue weighted by Gasteiger charge is -2.36. The van der Waals surface area contributed by atoms with Crippen LogP contribution in [-0.2, 0) is 6.42 Å². The molecule has 26 heavy (non-hydrogen) atoms. The van der Waals surface area contributed by atoms with Crippen molar-refractivity contribution >= 4 is 22.6 Å². The Balaban J connectivity index is 2.03. The molecule has 2 N–H and O–H groups in total. The number of hydrogen-bond acceptors (Lipinski definition) is 4. The van der Waals surface area contributed by atoms with Gasteiger partial charge in [0.25, 0.3) is 0 Å². The summed E-state index contributed by atoms with van der Waals surface area (Å²) in [5.74, 6) is -1.83. The second-order valence-corrected chi connectivity index (χ2v) is 7.30. The molecule has 1 fully saturated rings. The third-order valence-electron chi connectivity index (χ3n) is 5.57. The Hall–Kier alpha value is -2.41. The highest BCUT2D eigenvalue weighted by Gasteiger charge is 2.30. The monoisotopic (exact) mass is 360 g/mol. The molecule has 7 heteroatoms. The summed E-state index contributed by atoms with van der Waals surface area (Å²) in [5.41, 5.74) is 0.816. The third kappa shape index (κ3) is 2.49. The SMILES string of the molecule is C[C@@H]1CCc2c(N3CCC[C@@H](O)C3)c(F)cc3c(=O)c(C(=O)O)cn1c23. The number of β-amino-alcohol motifs (C(OH)–C–C–N with tert-alkyl or cyclic N) is 1. The lowest BCUT2D eigenvalue weighted by molar-refractivity contribution is 0.0694. The van der Waals surface area contributed by atoms with Crippen molar-refractivity contribution in [3.8, 4) is 0 Å². The van der Waals surface area contributed by atoms with Crippen LogP contribution in [0.25, 0.3) is 10.9 Å². The Morgan fingerprint density at radius 3 is 2.81 bits per heavy atom. The maximum atomic E-state index is 15.0. The number of anilines is 1. The molecular formula is C19H21FN2O4. The molecule has 138 valence electrons. The lowest BCUT2D eigenvalue weighted by Crippen LogP contribution is -2.39. The van der Waals surface area contributed by atoms with Crippen molar-refractivity contribution in [1.82, 2.24) is 4.57 Å². The number of carboxylic acid groups (broad SMARTS) is 1. The van der Waals surface area contributed by atoms with E-state index in [0.717, 1.165) is 18.4 Å². The number of carbonyl (C=O) groups is 1. The molecule has 4 rings (SSSR count). The Morgan fingerprint density at radius 2 is 2.12 bits per heavy atom. The van der Waals surface area contributed by atoms with Gasteiger partial charge in [-0.15, -0.1) is 0 Å². The van der Waals surface area contributed by atoms with E-state index < -0.39 is 23.3 Å². The van der Waals surface area contributed by atoms with Crippen LogP contribution in [0.4, 0.5) is 10.1 Å². The van der Waals surface area contributed by atoms with Crippen LogP contribution in [0.3, 0.4) is 0 Å². The number of aryl methyl sites for hydroxylation is 1. The molecule has 0 saturated carbocycles. The smallest absolute Gasteiger partial charge is 0.341 e. The number of rotatable bonds is 2. The number of aliphatic hydroxyl groups excluding tert-OH is 1. The molecule has 0 bridgehead atoms. The summed E-state index contributed by atoms with van der Waals surface area (Å²) in [5, 5.41) is 19.4. The summed E-state index contributed by atoms with van der Waals surface area (Å²) >= 11 is 0. The van der Waals surface area contributed by atoms with Gasteiger partial charge in [-0.25, -0.2) is 9.18 Å². The maximum absolute atomic E-state index is 15.0. The zero-order chi connectivity index (χ0) is 18.6. The van der Waals surface area contributed by atoms with E-state index in [0.29, 0.717) is 37.1 Å². The number of aromatic nitrogens is 1. The molecule has 1 aromatic carbocycles. The number of hydrogen-bond donors (Lipinski definition) is 2. The van der Waals surface area contributed by atoms with Gasteiger partial charge >= 0.3 is 5.97 Å². The second-order valence-electron chi connectivity index (χ2n) is 7.30. The predicted octanol–water partition coefficient (Wildman–Crippen LogP) is 2.31. The number of nitrogens with zero attached hydrogens (tertiary/aromatic N) is 2. The van der Waals surface area contributed by atoms with Gasteiger partial charge in [0.15, 0.2) is 0 Å². The van der Waals surface area contributed by atoms with Gasteiger partial charge in [0.1, 0.15) is 11.4 Å². The molecule has 2 aromatic rings. The average Bonchev–Trinajstić information content (AvgIpc) is 2.59. The third-order valence-corrected chi connectivity index (χ3v) is 5.57. The number of pyridine rings is 1. The van der Waals surface area contributed by atoms with E-state index in [-0.39, 0.29) is 17.0 Å². The van der Waals surface area contributed by atoms with E-state index in [1.54, 1.807) is 4.57 Å². The second kappa shape index (κ2) is 6.09. The van der Waals surface area contributed by atoms with E-state index in [1.165, 1.54) is 12.3 Å². The fourth-order valence-corrected chi connectivity index (χ4v) is 4.29. The van der Waals surface area contributed by atoms with Crippen molar-refractivity contribution in [2.24, 2.45) is 0 Å². The van der Waals surface area contributed by atoms with Gasteiger partial charge in [0, 0.05) is 36.3 Å². The quantitative estimate of drug-likeness (QED) is 0.859. The molecule has 0 aliphatic carbocycles. The van der Waals surface area contributed by atoms with Gasteiger partial charge in [0.05, 0.1) is 17.3 Å². The molecule has 2 aliphatic rings. The minimum atomic E-state index is -1.30. The van der Waals surface area contributed by atoms with Crippen molar-refractivity contribution in [2.45, 2.75) is 44.8 Å². The molecule has 1 saturated heterocycles. The van der Waals surface area contributed by atoms with Crippen LogP contribution in [0.1, 0.15) is 48.1 Å². The first-order chi connectivity index (χ1) is 12.4. The van der Waals surface area contributed by atoms with Gasteiger partial charge in [-0.2, -0.15) is 0 Å². The summed E-state index contributed by atoms with van der Waals surface area (Å²) in [6.07, 6.45) is 3.71. The zero-order valence-corrected chi connectivity index (χ0v) is 14.5. The highest BCUT2D eigenvalue weighted by Crippen LogP contribution is 2.38. The van der Waals surface area contributed by atoms with Crippen LogP contribution in [0.2, 0.25) is 0 Å². The fraction of sp³-hybridized carbons (Fsp3) is 0.474. The van der Waals surface area contributed by atoms with Gasteiger partial charge in [-0.1, -0.05) is 0 Å². The van der Waals surface area contributed by atoms with Gasteiger partial charge in [-0.05, 0) is 38.7 Å². The van der Waals surface area contributed by atoms with Gasteiger partial charge in [-0.3, -0.25) is 4.79 Å². The lowest BCUT2D eigenvalue weighted by atomic mass is 9.93. The molecule has 6 nitrogen and oxygen atoms in total. The minimum absolute atomic E-state index is 0.0222. The van der Waals surface area contributed by atoms with Crippen molar-refractivity contribution in [1.29, 1.82) is 0 Å². The summed E-state index contributed by atoms with van der Waals surface area (Å²) in [4.78, 5) is 25.9. The molecule has 1 aromatic heterocycles. The molecule has 0 amide bonds. The Kier molecular flexibility index (Phi) is 3.99. The molecule has 3 heterocycles. The van der Waals surface area contributed by atoms with Crippen LogP contribution in [0.15, 0.2) is 17.1 Å². The van der Waals surface area contributed by atoms with Crippen molar-refractivity contribution in [3.05, 3.63) is 39.4 Å². The van der Waals surface area contributed by atoms with Crippen molar-refractivity contribution in [2.75, 3.05) is 18.0 Å². The number of aromatic carboxylic acids is 1. The maximum Gasteiger partial charge on any atom is 0.341 e. The van der Waals surface area contributed by atoms with Crippen LogP contribution >= 0.6 is 0 Å². The van der Waals surface area contributed by atoms with E-state index in [9.17, 15) is 19.8 Å². The number of halogens is 1. The fourth-order valence-electron chi connectivity index (χ4n) is 4.29. The van der Waals surface area contributed by atoms with Crippen LogP contribution < -0.4 is 10.3 Å². The molecule has 0 radical (unpaired) electrons. The van der Waals surface area contributed by atoms with E-state index in [2.05, 4.69) is 0 Å². The molecule has 0 spiro atoms. The Bertz CT molecular complexity index is 968. The summed E-state index contributed by atoms with van der Waals surface area (Å²) in [7, 11) is 0.